The molecule has 3 aromatic rings. The molecule has 0 bridgehead atoms. The average Bonchev–Trinajstić information content (AvgIpc) is 2.84. The first-order chi connectivity index (χ1) is 15.9. The van der Waals surface area contributed by atoms with E-state index < -0.39 is 29.5 Å². The van der Waals surface area contributed by atoms with Gasteiger partial charge in [-0.25, -0.2) is 9.59 Å². The van der Waals surface area contributed by atoms with E-state index >= 15 is 0 Å². The monoisotopic (exact) mass is 445 g/mol. The van der Waals surface area contributed by atoms with Gasteiger partial charge in [0.2, 0.25) is 0 Å². The van der Waals surface area contributed by atoms with Crippen LogP contribution in [-0.4, -0.2) is 36.2 Å². The maximum Gasteiger partial charge on any atom is 0.337 e. The second-order valence-corrected chi connectivity index (χ2v) is 7.87. The fourth-order valence-electron chi connectivity index (χ4n) is 4.10. The third-order valence-corrected chi connectivity index (χ3v) is 5.72. The van der Waals surface area contributed by atoms with Crippen molar-refractivity contribution in [2.75, 3.05) is 7.11 Å². The van der Waals surface area contributed by atoms with Gasteiger partial charge >= 0.3 is 11.9 Å². The molecule has 1 heterocycles. The summed E-state index contributed by atoms with van der Waals surface area (Å²) in [5, 5.41) is 13.1. The summed E-state index contributed by atoms with van der Waals surface area (Å²) in [6.07, 6.45) is -0.0843. The maximum absolute atomic E-state index is 13.1. The number of nitrogens with one attached hydrogen (secondary N) is 1. The van der Waals surface area contributed by atoms with Crippen LogP contribution in [0.4, 0.5) is 0 Å². The summed E-state index contributed by atoms with van der Waals surface area (Å²) in [7, 11) is 1.25. The first-order valence-corrected chi connectivity index (χ1v) is 10.5. The van der Waals surface area contributed by atoms with E-state index in [4.69, 9.17) is 9.47 Å². The standard InChI is InChI=1S/C26H23NO6/c1-32-24(29)19-12-13-22-21(15-19)26(25(30)31,27-23(28)18-10-6-3-7-11-18)16-20(33-22)14-17-8-4-2-5-9-17/h2-13,15,20H,14,16H2,1H3,(H,27,28)(H,30,31)/t20-,26?/m0/s1. The van der Waals surface area contributed by atoms with Gasteiger partial charge in [0, 0.05) is 24.0 Å². The van der Waals surface area contributed by atoms with E-state index in [0.717, 1.165) is 5.56 Å². The van der Waals surface area contributed by atoms with Crippen molar-refractivity contribution in [3.63, 3.8) is 0 Å². The van der Waals surface area contributed by atoms with E-state index in [0.29, 0.717) is 17.7 Å². The molecule has 4 rings (SSSR count). The lowest BCUT2D eigenvalue weighted by Crippen LogP contribution is -2.56. The second kappa shape index (κ2) is 9.16. The van der Waals surface area contributed by atoms with Gasteiger partial charge in [0.05, 0.1) is 12.7 Å². The third kappa shape index (κ3) is 4.43. The Morgan fingerprint density at radius 3 is 2.30 bits per heavy atom. The molecule has 3 aromatic carbocycles. The Hall–Kier alpha value is -4.13. The van der Waals surface area contributed by atoms with Crippen LogP contribution in [0, 0.1) is 0 Å². The number of methoxy groups -OCH3 is 1. The fourth-order valence-corrected chi connectivity index (χ4v) is 4.10. The van der Waals surface area contributed by atoms with E-state index in [1.165, 1.54) is 19.2 Å². The molecule has 1 aliphatic rings. The van der Waals surface area contributed by atoms with Gasteiger partial charge in [0.25, 0.3) is 5.91 Å². The smallest absolute Gasteiger partial charge is 0.337 e. The lowest BCUT2D eigenvalue weighted by Gasteiger charge is -2.40. The molecule has 0 fully saturated rings. The molecule has 1 aliphatic heterocycles. The number of carboxylic acids is 1. The van der Waals surface area contributed by atoms with Gasteiger partial charge in [0.1, 0.15) is 11.9 Å². The highest BCUT2D eigenvalue weighted by molar-refractivity contribution is 5.99. The molecule has 0 aromatic heterocycles. The van der Waals surface area contributed by atoms with Gasteiger partial charge < -0.3 is 19.9 Å². The minimum Gasteiger partial charge on any atom is -0.490 e. The zero-order valence-corrected chi connectivity index (χ0v) is 18.0. The van der Waals surface area contributed by atoms with Crippen LogP contribution in [-0.2, 0) is 21.5 Å². The minimum atomic E-state index is -1.80. The van der Waals surface area contributed by atoms with Crippen molar-refractivity contribution in [3.8, 4) is 5.75 Å². The van der Waals surface area contributed by atoms with E-state index in [-0.39, 0.29) is 17.5 Å². The van der Waals surface area contributed by atoms with Crippen LogP contribution < -0.4 is 10.1 Å². The first kappa shape index (κ1) is 22.1. The van der Waals surface area contributed by atoms with Crippen molar-refractivity contribution < 1.29 is 29.0 Å². The van der Waals surface area contributed by atoms with E-state index in [1.807, 2.05) is 30.3 Å². The summed E-state index contributed by atoms with van der Waals surface area (Å²) in [5.41, 5.74) is -0.127. The zero-order chi connectivity index (χ0) is 23.4. The Bertz CT molecular complexity index is 1180. The molecule has 0 aliphatic carbocycles. The normalized spacial score (nSPS) is 19.0. The molecular weight excluding hydrogens is 422 g/mol. The minimum absolute atomic E-state index is 0.0204. The van der Waals surface area contributed by atoms with Gasteiger partial charge in [-0.05, 0) is 35.9 Å². The van der Waals surface area contributed by atoms with Crippen molar-refractivity contribution in [1.29, 1.82) is 0 Å². The highest BCUT2D eigenvalue weighted by atomic mass is 16.5. The molecule has 7 nitrogen and oxygen atoms in total. The number of aliphatic carboxylic acids is 1. The number of carbonyl (C=O) groups is 3. The second-order valence-electron chi connectivity index (χ2n) is 7.87. The number of rotatable bonds is 6. The number of ether oxygens (including phenoxy) is 2. The topological polar surface area (TPSA) is 102 Å². The summed E-state index contributed by atoms with van der Waals surface area (Å²) in [6, 6.07) is 22.4. The maximum atomic E-state index is 13.1. The SMILES string of the molecule is COC(=O)c1ccc2c(c1)C(NC(=O)c1ccccc1)(C(=O)O)C[C@H](Cc1ccccc1)O2. The van der Waals surface area contributed by atoms with Crippen LogP contribution >= 0.6 is 0 Å². The van der Waals surface area contributed by atoms with Crippen LogP contribution in [0.2, 0.25) is 0 Å². The van der Waals surface area contributed by atoms with E-state index in [2.05, 4.69) is 5.32 Å². The number of benzene rings is 3. The molecule has 0 saturated heterocycles. The Morgan fingerprint density at radius 1 is 1.00 bits per heavy atom. The number of esters is 1. The predicted octanol–water partition coefficient (Wildman–Crippen LogP) is 3.58. The lowest BCUT2D eigenvalue weighted by molar-refractivity contribution is -0.147. The number of hydrogen-bond acceptors (Lipinski definition) is 5. The number of fused-ring (bicyclic) bond motifs is 1. The third-order valence-electron chi connectivity index (χ3n) is 5.72. The number of amides is 1. The van der Waals surface area contributed by atoms with Crippen LogP contribution in [0.3, 0.4) is 0 Å². The zero-order valence-electron chi connectivity index (χ0n) is 18.0. The Kier molecular flexibility index (Phi) is 6.13. The number of carbonyl (C=O) groups excluding carboxylic acids is 2. The Labute approximate surface area is 191 Å². The van der Waals surface area contributed by atoms with Crippen molar-refractivity contribution in [2.24, 2.45) is 0 Å². The molecule has 0 radical (unpaired) electrons. The van der Waals surface area contributed by atoms with Crippen LogP contribution in [0.1, 0.15) is 38.3 Å². The summed E-state index contributed by atoms with van der Waals surface area (Å²) in [4.78, 5) is 38.0. The highest BCUT2D eigenvalue weighted by Crippen LogP contribution is 2.41. The summed E-state index contributed by atoms with van der Waals surface area (Å²) in [6.45, 7) is 0. The van der Waals surface area contributed by atoms with Crippen LogP contribution in [0.15, 0.2) is 78.9 Å². The Morgan fingerprint density at radius 2 is 1.67 bits per heavy atom. The van der Waals surface area contributed by atoms with Crippen molar-refractivity contribution in [2.45, 2.75) is 24.5 Å². The van der Waals surface area contributed by atoms with Crippen molar-refractivity contribution >= 4 is 17.8 Å². The average molecular weight is 445 g/mol. The van der Waals surface area contributed by atoms with Gasteiger partial charge in [-0.2, -0.15) is 0 Å². The van der Waals surface area contributed by atoms with Gasteiger partial charge in [-0.3, -0.25) is 4.79 Å². The van der Waals surface area contributed by atoms with E-state index in [9.17, 15) is 19.5 Å². The van der Waals surface area contributed by atoms with Gasteiger partial charge in [-0.1, -0.05) is 48.5 Å². The van der Waals surface area contributed by atoms with Crippen molar-refractivity contribution in [1.82, 2.24) is 5.32 Å². The predicted molar refractivity (Wildman–Crippen MR) is 120 cm³/mol. The number of carboxylic acid groups (broad SMARTS) is 1. The Balaban J connectivity index is 1.79. The molecule has 2 N–H and O–H groups in total. The van der Waals surface area contributed by atoms with Gasteiger partial charge in [0.15, 0.2) is 5.54 Å². The highest BCUT2D eigenvalue weighted by Gasteiger charge is 2.49. The van der Waals surface area contributed by atoms with Gasteiger partial charge in [-0.15, -0.1) is 0 Å². The van der Waals surface area contributed by atoms with Crippen LogP contribution in [0.5, 0.6) is 5.75 Å². The number of hydrogen-bond donors (Lipinski definition) is 2. The molecule has 7 heteroatoms. The van der Waals surface area contributed by atoms with Crippen molar-refractivity contribution in [3.05, 3.63) is 101 Å². The summed E-state index contributed by atoms with van der Waals surface area (Å²) < 4.78 is 10.9. The molecule has 2 atom stereocenters. The lowest BCUT2D eigenvalue weighted by atomic mass is 9.79. The molecule has 1 unspecified atom stereocenters. The quantitative estimate of drug-likeness (QED) is 0.563. The summed E-state index contributed by atoms with van der Waals surface area (Å²) in [5.74, 6) is -2.09. The molecule has 1 amide bonds. The molecule has 0 spiro atoms. The molecule has 168 valence electrons. The largest absolute Gasteiger partial charge is 0.490 e. The molecule has 0 saturated carbocycles. The fraction of sp³-hybridized carbons (Fsp3) is 0.192. The van der Waals surface area contributed by atoms with E-state index in [1.54, 1.807) is 36.4 Å². The first-order valence-electron chi connectivity index (χ1n) is 10.5. The summed E-state index contributed by atoms with van der Waals surface area (Å²) >= 11 is 0. The molecule has 33 heavy (non-hydrogen) atoms. The molecular formula is C26H23NO6. The van der Waals surface area contributed by atoms with Crippen LogP contribution in [0.25, 0.3) is 0 Å².